The van der Waals surface area contributed by atoms with E-state index in [2.05, 4.69) is 0 Å². The van der Waals surface area contributed by atoms with Crippen molar-refractivity contribution in [2.45, 2.75) is 17.9 Å². The molecular weight excluding hydrogens is 364 g/mol. The van der Waals surface area contributed by atoms with Crippen molar-refractivity contribution in [3.8, 4) is 5.75 Å². The molecule has 1 aliphatic carbocycles. The highest BCUT2D eigenvalue weighted by Crippen LogP contribution is 2.49. The van der Waals surface area contributed by atoms with Gasteiger partial charge in [-0.2, -0.15) is 0 Å². The van der Waals surface area contributed by atoms with Crippen molar-refractivity contribution in [2.24, 2.45) is 0 Å². The van der Waals surface area contributed by atoms with Crippen molar-refractivity contribution in [3.05, 3.63) is 107 Å². The minimum absolute atomic E-state index is 0.0890. The molecule has 3 aromatic carbocycles. The molecule has 146 valence electrons. The van der Waals surface area contributed by atoms with Gasteiger partial charge >= 0.3 is 0 Å². The largest absolute Gasteiger partial charge is 0.507 e. The Morgan fingerprint density at radius 1 is 0.828 bits per heavy atom. The summed E-state index contributed by atoms with van der Waals surface area (Å²) in [4.78, 5) is 13.1. The Morgan fingerprint density at radius 3 is 2.00 bits per heavy atom. The first kappa shape index (κ1) is 19.0. The molecule has 3 atom stereocenters. The van der Waals surface area contributed by atoms with Crippen molar-refractivity contribution in [1.82, 2.24) is 0 Å². The van der Waals surface area contributed by atoms with E-state index in [1.54, 1.807) is 31.4 Å². The maximum atomic E-state index is 13.1. The number of carbonyl (C=O) groups is 1. The van der Waals surface area contributed by atoms with E-state index in [-0.39, 0.29) is 11.3 Å². The van der Waals surface area contributed by atoms with Crippen molar-refractivity contribution >= 4 is 11.5 Å². The second-order valence-corrected chi connectivity index (χ2v) is 7.12. The summed E-state index contributed by atoms with van der Waals surface area (Å²) in [6, 6.07) is 25.8. The fourth-order valence-corrected chi connectivity index (χ4v) is 4.09. The molecule has 2 N–H and O–H groups in total. The van der Waals surface area contributed by atoms with Crippen LogP contribution in [0.4, 0.5) is 0 Å². The molecule has 3 aromatic rings. The Kier molecular flexibility index (Phi) is 5.19. The highest BCUT2D eigenvalue weighted by Gasteiger charge is 2.48. The Hall–Kier alpha value is -3.37. The van der Waals surface area contributed by atoms with Crippen LogP contribution in [-0.4, -0.2) is 29.2 Å². The van der Waals surface area contributed by atoms with Crippen molar-refractivity contribution in [2.75, 3.05) is 7.11 Å². The van der Waals surface area contributed by atoms with Crippen LogP contribution >= 0.6 is 0 Å². The van der Waals surface area contributed by atoms with Crippen LogP contribution in [0.2, 0.25) is 0 Å². The van der Waals surface area contributed by atoms with Gasteiger partial charge in [-0.1, -0.05) is 72.8 Å². The van der Waals surface area contributed by atoms with Gasteiger partial charge in [0.15, 0.2) is 5.78 Å². The molecule has 0 aliphatic heterocycles. The molecule has 1 fully saturated rings. The first-order chi connectivity index (χ1) is 14.1. The number of carbonyl (C=O) groups excluding carboxylic acids is 1. The molecule has 3 unspecified atom stereocenters. The third-order valence-corrected chi connectivity index (χ3v) is 5.51. The van der Waals surface area contributed by atoms with E-state index in [1.165, 1.54) is 0 Å². The molecule has 0 amide bonds. The molecule has 29 heavy (non-hydrogen) atoms. The first-order valence-electron chi connectivity index (χ1n) is 9.51. The topological polar surface area (TPSA) is 66.8 Å². The second kappa shape index (κ2) is 7.94. The van der Waals surface area contributed by atoms with E-state index >= 15 is 0 Å². The van der Waals surface area contributed by atoms with Gasteiger partial charge in [-0.25, -0.2) is 0 Å². The van der Waals surface area contributed by atoms with Crippen LogP contribution in [0.5, 0.6) is 5.75 Å². The lowest BCUT2D eigenvalue weighted by Gasteiger charge is -2.23. The van der Waals surface area contributed by atoms with E-state index in [0.717, 1.165) is 11.1 Å². The van der Waals surface area contributed by atoms with Gasteiger partial charge in [0, 0.05) is 23.0 Å². The zero-order valence-electron chi connectivity index (χ0n) is 16.0. The minimum Gasteiger partial charge on any atom is -0.507 e. The predicted molar refractivity (Wildman–Crippen MR) is 112 cm³/mol. The van der Waals surface area contributed by atoms with Crippen LogP contribution < -0.4 is 4.74 Å². The molecule has 0 spiro atoms. The van der Waals surface area contributed by atoms with Crippen molar-refractivity contribution < 1.29 is 19.7 Å². The van der Waals surface area contributed by atoms with Crippen LogP contribution in [0.25, 0.3) is 5.76 Å². The number of rotatable bonds is 4. The standard InChI is InChI=1S/C25H22O4/c1-29-19-14-12-17(13-15-19)20-21(16-8-4-2-5-9-16)24(27)25(28)22(20)23(26)18-10-6-3-7-11-18/h2-15,20-21,24,26-27H,1H3. The molecule has 4 rings (SSSR count). The monoisotopic (exact) mass is 386 g/mol. The molecule has 4 heteroatoms. The quantitative estimate of drug-likeness (QED) is 0.513. The SMILES string of the molecule is COc1ccc(C2C(=C(O)c3ccccc3)C(=O)C(O)C2c2ccccc2)cc1. The zero-order valence-corrected chi connectivity index (χ0v) is 16.0. The number of benzene rings is 3. The number of aliphatic hydroxyl groups is 2. The number of methoxy groups -OCH3 is 1. The molecule has 1 saturated carbocycles. The van der Waals surface area contributed by atoms with E-state index in [4.69, 9.17) is 4.74 Å². The van der Waals surface area contributed by atoms with Gasteiger partial charge in [0.05, 0.1) is 7.11 Å². The second-order valence-electron chi connectivity index (χ2n) is 7.12. The van der Waals surface area contributed by atoms with E-state index in [1.807, 2.05) is 60.7 Å². The minimum atomic E-state index is -1.23. The van der Waals surface area contributed by atoms with Crippen LogP contribution in [-0.2, 0) is 4.79 Å². The van der Waals surface area contributed by atoms with E-state index < -0.39 is 23.7 Å². The van der Waals surface area contributed by atoms with Gasteiger partial charge in [0.25, 0.3) is 0 Å². The lowest BCUT2D eigenvalue weighted by Crippen LogP contribution is -2.21. The number of ether oxygens (including phenoxy) is 1. The number of hydrogen-bond donors (Lipinski definition) is 2. The van der Waals surface area contributed by atoms with Crippen LogP contribution in [0.15, 0.2) is 90.5 Å². The molecule has 1 aliphatic rings. The summed E-state index contributed by atoms with van der Waals surface area (Å²) in [7, 11) is 1.59. The Balaban J connectivity index is 1.92. The van der Waals surface area contributed by atoms with Crippen molar-refractivity contribution in [1.29, 1.82) is 0 Å². The molecule has 0 aromatic heterocycles. The normalized spacial score (nSPS) is 23.1. The molecule has 0 saturated heterocycles. The summed E-state index contributed by atoms with van der Waals surface area (Å²) in [6.45, 7) is 0. The maximum Gasteiger partial charge on any atom is 0.192 e. The summed E-state index contributed by atoms with van der Waals surface area (Å²) in [5.74, 6) is -0.799. The smallest absolute Gasteiger partial charge is 0.192 e. The lowest BCUT2D eigenvalue weighted by molar-refractivity contribution is -0.121. The maximum absolute atomic E-state index is 13.1. The Morgan fingerprint density at radius 2 is 1.41 bits per heavy atom. The van der Waals surface area contributed by atoms with Crippen molar-refractivity contribution in [3.63, 3.8) is 0 Å². The third-order valence-electron chi connectivity index (χ3n) is 5.51. The number of ketones is 1. The van der Waals surface area contributed by atoms with Gasteiger partial charge in [0.1, 0.15) is 17.6 Å². The number of Topliss-reactive ketones (excluding diaryl/α,β-unsaturated/α-hetero) is 1. The van der Waals surface area contributed by atoms with Crippen LogP contribution in [0, 0.1) is 0 Å². The fraction of sp³-hybridized carbons (Fsp3) is 0.160. The van der Waals surface area contributed by atoms with Gasteiger partial charge in [-0.3, -0.25) is 4.79 Å². The molecule has 0 radical (unpaired) electrons. The summed E-state index contributed by atoms with van der Waals surface area (Å²) < 4.78 is 5.25. The number of hydrogen-bond acceptors (Lipinski definition) is 4. The number of aliphatic hydroxyl groups excluding tert-OH is 2. The molecule has 0 heterocycles. The van der Waals surface area contributed by atoms with Gasteiger partial charge in [-0.15, -0.1) is 0 Å². The fourth-order valence-electron chi connectivity index (χ4n) is 4.09. The zero-order chi connectivity index (χ0) is 20.4. The van der Waals surface area contributed by atoms with Gasteiger partial charge < -0.3 is 14.9 Å². The highest BCUT2D eigenvalue weighted by atomic mass is 16.5. The Bertz CT molecular complexity index is 1020. The average molecular weight is 386 g/mol. The predicted octanol–water partition coefficient (Wildman–Crippen LogP) is 4.48. The molecule has 4 nitrogen and oxygen atoms in total. The van der Waals surface area contributed by atoms with Crippen LogP contribution in [0.1, 0.15) is 28.5 Å². The highest BCUT2D eigenvalue weighted by molar-refractivity contribution is 6.09. The summed E-state index contributed by atoms with van der Waals surface area (Å²) in [5.41, 5.74) is 2.48. The average Bonchev–Trinajstić information content (AvgIpc) is 3.05. The first-order valence-corrected chi connectivity index (χ1v) is 9.51. The van der Waals surface area contributed by atoms with Crippen LogP contribution in [0.3, 0.4) is 0 Å². The summed E-state index contributed by atoms with van der Waals surface area (Å²) in [5, 5.41) is 21.9. The molecular formula is C25H22O4. The molecule has 0 bridgehead atoms. The van der Waals surface area contributed by atoms with E-state index in [9.17, 15) is 15.0 Å². The Labute approximate surface area is 169 Å². The van der Waals surface area contributed by atoms with Gasteiger partial charge in [0.2, 0.25) is 0 Å². The lowest BCUT2D eigenvalue weighted by atomic mass is 9.81. The third kappa shape index (κ3) is 3.43. The van der Waals surface area contributed by atoms with E-state index in [0.29, 0.717) is 11.3 Å². The summed E-state index contributed by atoms with van der Waals surface area (Å²) in [6.07, 6.45) is -1.23. The summed E-state index contributed by atoms with van der Waals surface area (Å²) >= 11 is 0. The van der Waals surface area contributed by atoms with Gasteiger partial charge in [-0.05, 0) is 23.3 Å².